The van der Waals surface area contributed by atoms with E-state index >= 15 is 0 Å². The first-order valence-electron chi connectivity index (χ1n) is 17.7. The zero-order valence-corrected chi connectivity index (χ0v) is 28.6. The minimum atomic E-state index is 0.576. The van der Waals surface area contributed by atoms with Crippen LogP contribution in [0.4, 0.5) is 0 Å². The zero-order chi connectivity index (χ0) is 35.1. The third kappa shape index (κ3) is 5.52. The Morgan fingerprint density at radius 3 is 1.53 bits per heavy atom. The largest absolute Gasteiger partial charge is 0.292 e. The van der Waals surface area contributed by atoms with Crippen molar-refractivity contribution in [3.63, 3.8) is 0 Å². The van der Waals surface area contributed by atoms with Gasteiger partial charge in [0.2, 0.25) is 0 Å². The van der Waals surface area contributed by atoms with Gasteiger partial charge in [-0.3, -0.25) is 4.40 Å². The molecule has 0 atom stereocenters. The summed E-state index contributed by atoms with van der Waals surface area (Å²) in [4.78, 5) is 20.4. The molecule has 0 radical (unpaired) electrons. The molecule has 0 fully saturated rings. The lowest BCUT2D eigenvalue weighted by atomic mass is 9.91. The van der Waals surface area contributed by atoms with Crippen LogP contribution in [-0.2, 0) is 0 Å². The van der Waals surface area contributed by atoms with Crippen molar-refractivity contribution >= 4 is 27.6 Å². The van der Waals surface area contributed by atoms with Crippen molar-refractivity contribution < 1.29 is 0 Å². The van der Waals surface area contributed by atoms with Crippen LogP contribution in [-0.4, -0.2) is 24.3 Å². The van der Waals surface area contributed by atoms with Gasteiger partial charge in [-0.2, -0.15) is 0 Å². The zero-order valence-electron chi connectivity index (χ0n) is 28.6. The highest BCUT2D eigenvalue weighted by Gasteiger charge is 2.19. The van der Waals surface area contributed by atoms with Gasteiger partial charge in [0.15, 0.2) is 17.5 Å². The lowest BCUT2D eigenvalue weighted by molar-refractivity contribution is 1.07. The normalized spacial score (nSPS) is 11.4. The van der Waals surface area contributed by atoms with Gasteiger partial charge in [-0.25, -0.2) is 19.9 Å². The second-order valence-corrected chi connectivity index (χ2v) is 13.1. The van der Waals surface area contributed by atoms with Crippen LogP contribution < -0.4 is 0 Å². The summed E-state index contributed by atoms with van der Waals surface area (Å²) in [5.74, 6) is 1.79. The molecule has 5 heteroatoms. The number of aromatic nitrogens is 5. The summed E-state index contributed by atoms with van der Waals surface area (Å²) >= 11 is 0. The Hall–Kier alpha value is -7.24. The van der Waals surface area contributed by atoms with Gasteiger partial charge in [0.1, 0.15) is 5.65 Å². The van der Waals surface area contributed by atoms with Crippen LogP contribution in [0.5, 0.6) is 0 Å². The molecule has 0 saturated carbocycles. The Morgan fingerprint density at radius 2 is 0.811 bits per heavy atom. The maximum atomic E-state index is 5.16. The van der Waals surface area contributed by atoms with Gasteiger partial charge in [-0.05, 0) is 69.1 Å². The first kappa shape index (κ1) is 30.6. The minimum Gasteiger partial charge on any atom is -0.292 e. The maximum Gasteiger partial charge on any atom is 0.167 e. The minimum absolute atomic E-state index is 0.576. The van der Waals surface area contributed by atoms with Crippen molar-refractivity contribution in [1.82, 2.24) is 24.3 Å². The van der Waals surface area contributed by atoms with Crippen molar-refractivity contribution in [2.45, 2.75) is 0 Å². The number of rotatable bonds is 6. The van der Waals surface area contributed by atoms with E-state index in [1.165, 1.54) is 22.3 Å². The fraction of sp³-hybridized carbons (Fsp3) is 0. The summed E-state index contributed by atoms with van der Waals surface area (Å²) in [5.41, 5.74) is 13.5. The fourth-order valence-electron chi connectivity index (χ4n) is 7.25. The molecule has 10 aromatic rings. The van der Waals surface area contributed by atoms with E-state index in [2.05, 4.69) is 156 Å². The van der Waals surface area contributed by atoms with Crippen LogP contribution in [0, 0.1) is 0 Å². The molecule has 0 aliphatic heterocycles. The standard InChI is InChI=1S/C48H31N5/c1-4-14-32(15-5-1)37-28-29-39(40(30-37)33-16-6-2-7-17-33)34-24-26-36(27-25-34)46-50-45(35-18-8-3-9-19-35)51-47(52-46)41-31-38-20-10-12-22-43(38)53-44-23-13-11-21-42(44)49-48(41)53/h1-31H. The van der Waals surface area contributed by atoms with E-state index in [0.29, 0.717) is 17.5 Å². The van der Waals surface area contributed by atoms with E-state index in [9.17, 15) is 0 Å². The van der Waals surface area contributed by atoms with Gasteiger partial charge >= 0.3 is 0 Å². The molecule has 0 unspecified atom stereocenters. The molecule has 0 N–H and O–H groups in total. The average molecular weight is 678 g/mol. The van der Waals surface area contributed by atoms with Crippen molar-refractivity contribution in [2.75, 3.05) is 0 Å². The van der Waals surface area contributed by atoms with E-state index < -0.39 is 0 Å². The van der Waals surface area contributed by atoms with E-state index in [0.717, 1.165) is 55.4 Å². The van der Waals surface area contributed by atoms with Crippen molar-refractivity contribution in [2.24, 2.45) is 0 Å². The number of imidazole rings is 1. The van der Waals surface area contributed by atoms with E-state index in [1.807, 2.05) is 36.4 Å². The van der Waals surface area contributed by atoms with Crippen LogP contribution in [0.25, 0.3) is 95.1 Å². The number of fused-ring (bicyclic) bond motifs is 5. The Labute approximate surface area is 306 Å². The SMILES string of the molecule is c1ccc(-c2ccc(-c3ccc(-c4nc(-c5ccccc5)nc(-c5cc6ccccc6n6c5nc5ccccc56)n4)cc3)c(-c3ccccc3)c2)cc1. The quantitative estimate of drug-likeness (QED) is 0.176. The summed E-state index contributed by atoms with van der Waals surface area (Å²) in [6.45, 7) is 0. The van der Waals surface area contributed by atoms with Crippen LogP contribution >= 0.6 is 0 Å². The van der Waals surface area contributed by atoms with Crippen molar-refractivity contribution in [3.8, 4) is 67.5 Å². The lowest BCUT2D eigenvalue weighted by Gasteiger charge is -2.14. The Morgan fingerprint density at radius 1 is 0.302 bits per heavy atom. The second kappa shape index (κ2) is 12.8. The van der Waals surface area contributed by atoms with Crippen LogP contribution in [0.1, 0.15) is 0 Å². The van der Waals surface area contributed by atoms with E-state index in [-0.39, 0.29) is 0 Å². The number of benzene rings is 7. The number of hydrogen-bond donors (Lipinski definition) is 0. The smallest absolute Gasteiger partial charge is 0.167 e. The molecule has 5 nitrogen and oxygen atoms in total. The van der Waals surface area contributed by atoms with Crippen LogP contribution in [0.3, 0.4) is 0 Å². The summed E-state index contributed by atoms with van der Waals surface area (Å²) < 4.78 is 2.22. The second-order valence-electron chi connectivity index (χ2n) is 13.1. The highest BCUT2D eigenvalue weighted by molar-refractivity contribution is 5.97. The summed E-state index contributed by atoms with van der Waals surface area (Å²) in [5, 5.41) is 1.08. The predicted molar refractivity (Wildman–Crippen MR) is 216 cm³/mol. The molecular formula is C48H31N5. The number of para-hydroxylation sites is 3. The molecule has 0 aliphatic carbocycles. The van der Waals surface area contributed by atoms with Crippen LogP contribution in [0.15, 0.2) is 188 Å². The van der Waals surface area contributed by atoms with Gasteiger partial charge in [-0.15, -0.1) is 0 Å². The maximum absolute atomic E-state index is 5.16. The Balaban J connectivity index is 1.13. The lowest BCUT2D eigenvalue weighted by Crippen LogP contribution is -2.02. The molecule has 0 amide bonds. The Bertz CT molecular complexity index is 2920. The van der Waals surface area contributed by atoms with Crippen LogP contribution in [0.2, 0.25) is 0 Å². The summed E-state index contributed by atoms with van der Waals surface area (Å²) in [6.07, 6.45) is 0. The molecule has 0 saturated heterocycles. The molecular weight excluding hydrogens is 647 g/mol. The monoisotopic (exact) mass is 677 g/mol. The third-order valence-electron chi connectivity index (χ3n) is 9.85. The molecule has 0 spiro atoms. The average Bonchev–Trinajstić information content (AvgIpc) is 3.64. The van der Waals surface area contributed by atoms with Gasteiger partial charge < -0.3 is 0 Å². The van der Waals surface area contributed by atoms with Crippen molar-refractivity contribution in [3.05, 3.63) is 188 Å². The molecule has 10 rings (SSSR count). The van der Waals surface area contributed by atoms with Gasteiger partial charge in [-0.1, -0.05) is 158 Å². The molecule has 3 aromatic heterocycles. The predicted octanol–water partition coefficient (Wildman–Crippen LogP) is 11.8. The topological polar surface area (TPSA) is 56.0 Å². The molecule has 7 aromatic carbocycles. The number of nitrogens with zero attached hydrogens (tertiary/aromatic N) is 5. The molecule has 0 bridgehead atoms. The highest BCUT2D eigenvalue weighted by atomic mass is 15.1. The fourth-order valence-corrected chi connectivity index (χ4v) is 7.25. The first-order chi connectivity index (χ1) is 26.3. The van der Waals surface area contributed by atoms with Gasteiger partial charge in [0.25, 0.3) is 0 Å². The Kier molecular flexibility index (Phi) is 7.40. The third-order valence-corrected chi connectivity index (χ3v) is 9.85. The van der Waals surface area contributed by atoms with E-state index in [4.69, 9.17) is 19.9 Å². The first-order valence-corrected chi connectivity index (χ1v) is 17.7. The van der Waals surface area contributed by atoms with Gasteiger partial charge in [0.05, 0.1) is 22.1 Å². The molecule has 3 heterocycles. The number of hydrogen-bond acceptors (Lipinski definition) is 4. The summed E-state index contributed by atoms with van der Waals surface area (Å²) in [6, 6.07) is 65.3. The van der Waals surface area contributed by atoms with Gasteiger partial charge in [0, 0.05) is 11.1 Å². The summed E-state index contributed by atoms with van der Waals surface area (Å²) in [7, 11) is 0. The number of pyridine rings is 1. The molecule has 53 heavy (non-hydrogen) atoms. The van der Waals surface area contributed by atoms with E-state index in [1.54, 1.807) is 0 Å². The molecule has 0 aliphatic rings. The molecule has 248 valence electrons. The highest BCUT2D eigenvalue weighted by Crippen LogP contribution is 2.37. The van der Waals surface area contributed by atoms with Crippen molar-refractivity contribution in [1.29, 1.82) is 0 Å².